The molecule has 2 aromatic heterocycles. The average Bonchev–Trinajstić information content (AvgIpc) is 2.45. The van der Waals surface area contributed by atoms with Crippen molar-refractivity contribution in [3.05, 3.63) is 29.2 Å². The largest absolute Gasteiger partial charge is 0.385 e. The number of hydrogen-bond acceptors (Lipinski definition) is 2. The second-order valence-corrected chi connectivity index (χ2v) is 3.20. The van der Waals surface area contributed by atoms with E-state index < -0.39 is 0 Å². The maximum atomic E-state index is 5.94. The average molecular weight is 196 g/mol. The number of hydrogen-bond donors (Lipinski definition) is 1. The summed E-state index contributed by atoms with van der Waals surface area (Å²) >= 11 is 5.94. The monoisotopic (exact) mass is 195 g/mol. The van der Waals surface area contributed by atoms with Crippen LogP contribution in [0.3, 0.4) is 0 Å². The van der Waals surface area contributed by atoms with Crippen LogP contribution in [0.4, 0.5) is 5.82 Å². The number of anilines is 1. The molecule has 13 heavy (non-hydrogen) atoms. The molecule has 0 aromatic carbocycles. The fourth-order valence-electron chi connectivity index (χ4n) is 1.43. The molecule has 0 bridgehead atoms. The van der Waals surface area contributed by atoms with Gasteiger partial charge in [-0.05, 0) is 12.1 Å². The van der Waals surface area contributed by atoms with Crippen molar-refractivity contribution in [1.82, 2.24) is 9.38 Å². The molecule has 0 saturated heterocycles. The van der Waals surface area contributed by atoms with Crippen LogP contribution in [0.25, 0.3) is 5.52 Å². The molecule has 2 aromatic rings. The fraction of sp³-hybridized carbons (Fsp3) is 0.222. The molecular formula is C9H10ClN3. The first-order chi connectivity index (χ1) is 6.24. The minimum Gasteiger partial charge on any atom is -0.385 e. The van der Waals surface area contributed by atoms with E-state index in [4.69, 9.17) is 17.3 Å². The van der Waals surface area contributed by atoms with E-state index in [1.54, 1.807) is 0 Å². The predicted octanol–water partition coefficient (Wildman–Crippen LogP) is 2.13. The van der Waals surface area contributed by atoms with Crippen molar-refractivity contribution in [2.24, 2.45) is 0 Å². The molecule has 0 aliphatic rings. The maximum absolute atomic E-state index is 5.94. The van der Waals surface area contributed by atoms with Crippen LogP contribution in [0.15, 0.2) is 18.2 Å². The zero-order valence-electron chi connectivity index (χ0n) is 7.29. The van der Waals surface area contributed by atoms with Crippen LogP contribution in [-0.4, -0.2) is 9.38 Å². The lowest BCUT2D eigenvalue weighted by Crippen LogP contribution is -1.99. The summed E-state index contributed by atoms with van der Waals surface area (Å²) in [5.41, 5.74) is 6.68. The number of halogens is 1. The number of aryl methyl sites for hydroxylation is 1. The second kappa shape index (κ2) is 2.92. The van der Waals surface area contributed by atoms with Gasteiger partial charge in [0.25, 0.3) is 0 Å². The van der Waals surface area contributed by atoms with Crippen LogP contribution in [0.5, 0.6) is 0 Å². The number of rotatable bonds is 1. The van der Waals surface area contributed by atoms with Gasteiger partial charge in [0.1, 0.15) is 11.6 Å². The van der Waals surface area contributed by atoms with Gasteiger partial charge in [-0.1, -0.05) is 24.6 Å². The van der Waals surface area contributed by atoms with Crippen LogP contribution >= 0.6 is 11.6 Å². The Morgan fingerprint density at radius 1 is 1.54 bits per heavy atom. The molecule has 0 saturated carbocycles. The zero-order valence-corrected chi connectivity index (χ0v) is 8.04. The Morgan fingerprint density at radius 2 is 2.31 bits per heavy atom. The molecule has 0 spiro atoms. The SMILES string of the molecule is CCc1nc(Cl)c2cccc(N)n12. The van der Waals surface area contributed by atoms with Crippen molar-refractivity contribution >= 4 is 22.9 Å². The Labute approximate surface area is 81.1 Å². The number of aromatic nitrogens is 2. The first-order valence-corrected chi connectivity index (χ1v) is 4.53. The normalized spacial score (nSPS) is 10.9. The summed E-state index contributed by atoms with van der Waals surface area (Å²) in [4.78, 5) is 4.22. The van der Waals surface area contributed by atoms with Gasteiger partial charge in [-0.3, -0.25) is 4.40 Å². The molecule has 0 atom stereocenters. The van der Waals surface area contributed by atoms with Crippen molar-refractivity contribution in [2.75, 3.05) is 5.73 Å². The molecule has 2 N–H and O–H groups in total. The van der Waals surface area contributed by atoms with Crippen molar-refractivity contribution in [1.29, 1.82) is 0 Å². The standard InChI is InChI=1S/C9H10ClN3/c1-2-8-12-9(10)6-4-3-5-7(11)13(6)8/h3-5H,2,11H2,1H3. The van der Waals surface area contributed by atoms with Gasteiger partial charge in [-0.15, -0.1) is 0 Å². The fourth-order valence-corrected chi connectivity index (χ4v) is 1.68. The third-order valence-corrected chi connectivity index (χ3v) is 2.31. The summed E-state index contributed by atoms with van der Waals surface area (Å²) in [7, 11) is 0. The number of imidazole rings is 1. The van der Waals surface area contributed by atoms with E-state index in [-0.39, 0.29) is 0 Å². The molecule has 4 heteroatoms. The van der Waals surface area contributed by atoms with E-state index in [2.05, 4.69) is 4.98 Å². The highest BCUT2D eigenvalue weighted by molar-refractivity contribution is 6.32. The molecule has 0 aliphatic heterocycles. The number of fused-ring (bicyclic) bond motifs is 1. The van der Waals surface area contributed by atoms with Crippen LogP contribution in [-0.2, 0) is 6.42 Å². The molecule has 0 amide bonds. The van der Waals surface area contributed by atoms with Gasteiger partial charge in [0.15, 0.2) is 5.15 Å². The Morgan fingerprint density at radius 3 is 3.00 bits per heavy atom. The third kappa shape index (κ3) is 1.16. The molecule has 0 aliphatic carbocycles. The van der Waals surface area contributed by atoms with E-state index >= 15 is 0 Å². The minimum atomic E-state index is 0.518. The summed E-state index contributed by atoms with van der Waals surface area (Å²) in [6.07, 6.45) is 0.822. The van der Waals surface area contributed by atoms with Gasteiger partial charge < -0.3 is 5.73 Å². The van der Waals surface area contributed by atoms with Crippen molar-refractivity contribution in [3.63, 3.8) is 0 Å². The van der Waals surface area contributed by atoms with Crippen molar-refractivity contribution in [2.45, 2.75) is 13.3 Å². The lowest BCUT2D eigenvalue weighted by Gasteiger charge is -2.01. The number of nitrogens with two attached hydrogens (primary N) is 1. The summed E-state index contributed by atoms with van der Waals surface area (Å²) < 4.78 is 1.88. The van der Waals surface area contributed by atoms with E-state index in [1.165, 1.54) is 0 Å². The summed E-state index contributed by atoms with van der Waals surface area (Å²) in [5.74, 6) is 1.58. The van der Waals surface area contributed by atoms with Crippen molar-refractivity contribution in [3.8, 4) is 0 Å². The quantitative estimate of drug-likeness (QED) is 0.758. The van der Waals surface area contributed by atoms with Crippen LogP contribution in [0, 0.1) is 0 Å². The molecular weight excluding hydrogens is 186 g/mol. The van der Waals surface area contributed by atoms with Gasteiger partial charge in [0.2, 0.25) is 0 Å². The van der Waals surface area contributed by atoms with Gasteiger partial charge in [0, 0.05) is 6.42 Å². The predicted molar refractivity (Wildman–Crippen MR) is 54.0 cm³/mol. The lowest BCUT2D eigenvalue weighted by molar-refractivity contribution is 0.940. The van der Waals surface area contributed by atoms with Crippen LogP contribution < -0.4 is 5.73 Å². The van der Waals surface area contributed by atoms with Gasteiger partial charge in [-0.25, -0.2) is 4.98 Å². The first kappa shape index (κ1) is 8.38. The molecule has 68 valence electrons. The molecule has 2 heterocycles. The van der Waals surface area contributed by atoms with Crippen LogP contribution in [0.2, 0.25) is 5.15 Å². The first-order valence-electron chi connectivity index (χ1n) is 4.15. The smallest absolute Gasteiger partial charge is 0.155 e. The highest BCUT2D eigenvalue weighted by atomic mass is 35.5. The number of nitrogen functional groups attached to an aromatic ring is 1. The maximum Gasteiger partial charge on any atom is 0.155 e. The highest BCUT2D eigenvalue weighted by Gasteiger charge is 2.08. The Bertz CT molecular complexity index is 447. The van der Waals surface area contributed by atoms with Crippen LogP contribution in [0.1, 0.15) is 12.7 Å². The second-order valence-electron chi connectivity index (χ2n) is 2.84. The zero-order chi connectivity index (χ0) is 9.42. The Hall–Kier alpha value is -1.22. The summed E-state index contributed by atoms with van der Waals surface area (Å²) in [5, 5.41) is 0.518. The molecule has 0 fully saturated rings. The Kier molecular flexibility index (Phi) is 1.88. The molecule has 3 nitrogen and oxygen atoms in total. The molecule has 0 radical (unpaired) electrons. The van der Waals surface area contributed by atoms with Crippen molar-refractivity contribution < 1.29 is 0 Å². The topological polar surface area (TPSA) is 43.3 Å². The van der Waals surface area contributed by atoms with Gasteiger partial charge >= 0.3 is 0 Å². The summed E-state index contributed by atoms with van der Waals surface area (Å²) in [6.45, 7) is 2.03. The van der Waals surface area contributed by atoms with E-state index in [0.717, 1.165) is 17.8 Å². The highest BCUT2D eigenvalue weighted by Crippen LogP contribution is 2.21. The minimum absolute atomic E-state index is 0.518. The lowest BCUT2D eigenvalue weighted by atomic mass is 10.4. The molecule has 2 rings (SSSR count). The van der Waals surface area contributed by atoms with Gasteiger partial charge in [0.05, 0.1) is 5.52 Å². The Balaban J connectivity index is 2.89. The number of pyridine rings is 1. The van der Waals surface area contributed by atoms with Gasteiger partial charge in [-0.2, -0.15) is 0 Å². The van der Waals surface area contributed by atoms with E-state index in [0.29, 0.717) is 11.0 Å². The van der Waals surface area contributed by atoms with E-state index in [1.807, 2.05) is 29.5 Å². The van der Waals surface area contributed by atoms with E-state index in [9.17, 15) is 0 Å². The number of nitrogens with zero attached hydrogens (tertiary/aromatic N) is 2. The third-order valence-electron chi connectivity index (χ3n) is 2.03. The summed E-state index contributed by atoms with van der Waals surface area (Å²) in [6, 6.07) is 5.62. The molecule has 0 unspecified atom stereocenters.